The second-order valence-electron chi connectivity index (χ2n) is 1.57. The van der Waals surface area contributed by atoms with Gasteiger partial charge < -0.3 is 9.84 Å². The Morgan fingerprint density at radius 2 is 2.67 bits per heavy atom. The van der Waals surface area contributed by atoms with Gasteiger partial charge in [0.05, 0.1) is 0 Å². The molecule has 0 aliphatic carbocycles. The smallest absolute Gasteiger partial charge is 0.224 e. The molecular formula is C6H8N2O. The average molecular weight is 124 g/mol. The maximum absolute atomic E-state index is 4.77. The largest absolute Gasteiger partial charge is 0.357 e. The first-order valence-electron chi connectivity index (χ1n) is 2.63. The average Bonchev–Trinajstić information content (AvgIpc) is 2.34. The first-order chi connectivity index (χ1) is 4.36. The van der Waals surface area contributed by atoms with E-state index in [9.17, 15) is 0 Å². The molecule has 3 heteroatoms. The maximum Gasteiger partial charge on any atom is 0.224 e. The molecule has 0 unspecified atom stereocenters. The van der Waals surface area contributed by atoms with Gasteiger partial charge in [-0.05, 0) is 6.08 Å². The number of anilines is 1. The Bertz CT molecular complexity index is 205. The highest BCUT2D eigenvalue weighted by atomic mass is 16.5. The summed E-state index contributed by atoms with van der Waals surface area (Å²) in [4.78, 5) is 0. The number of rotatable bonds is 2. The van der Waals surface area contributed by atoms with Gasteiger partial charge in [0.2, 0.25) is 5.88 Å². The highest BCUT2D eigenvalue weighted by Crippen LogP contribution is 2.07. The van der Waals surface area contributed by atoms with Crippen molar-refractivity contribution in [3.05, 3.63) is 18.3 Å². The highest BCUT2D eigenvalue weighted by molar-refractivity contribution is 5.46. The molecule has 1 aromatic rings. The molecule has 1 N–H and O–H groups in total. The van der Waals surface area contributed by atoms with Crippen molar-refractivity contribution in [2.75, 3.05) is 12.4 Å². The van der Waals surface area contributed by atoms with Crippen LogP contribution in [-0.4, -0.2) is 12.2 Å². The molecular weight excluding hydrogens is 116 g/mol. The van der Waals surface area contributed by atoms with E-state index >= 15 is 0 Å². The molecule has 0 aromatic carbocycles. The molecule has 0 atom stereocenters. The molecule has 0 saturated heterocycles. The van der Waals surface area contributed by atoms with Crippen molar-refractivity contribution in [2.24, 2.45) is 0 Å². The fourth-order valence-corrected chi connectivity index (χ4v) is 0.503. The van der Waals surface area contributed by atoms with Crippen LogP contribution in [0.4, 0.5) is 5.88 Å². The van der Waals surface area contributed by atoms with E-state index in [2.05, 4.69) is 17.1 Å². The van der Waals surface area contributed by atoms with Crippen molar-refractivity contribution in [3.8, 4) is 0 Å². The van der Waals surface area contributed by atoms with Crippen LogP contribution in [0, 0.1) is 0 Å². The highest BCUT2D eigenvalue weighted by Gasteiger charge is 1.94. The van der Waals surface area contributed by atoms with E-state index in [1.807, 2.05) is 0 Å². The van der Waals surface area contributed by atoms with Crippen molar-refractivity contribution in [2.45, 2.75) is 0 Å². The van der Waals surface area contributed by atoms with Crippen LogP contribution in [0.3, 0.4) is 0 Å². The van der Waals surface area contributed by atoms with Crippen LogP contribution < -0.4 is 5.32 Å². The van der Waals surface area contributed by atoms with Gasteiger partial charge >= 0.3 is 0 Å². The van der Waals surface area contributed by atoms with Gasteiger partial charge in [-0.1, -0.05) is 11.7 Å². The van der Waals surface area contributed by atoms with Gasteiger partial charge in [-0.2, -0.15) is 0 Å². The summed E-state index contributed by atoms with van der Waals surface area (Å²) in [6.07, 6.45) is 1.63. The Morgan fingerprint density at radius 3 is 3.00 bits per heavy atom. The molecule has 48 valence electrons. The van der Waals surface area contributed by atoms with Crippen molar-refractivity contribution in [1.29, 1.82) is 0 Å². The Labute approximate surface area is 53.4 Å². The molecule has 0 saturated carbocycles. The predicted molar refractivity (Wildman–Crippen MR) is 36.1 cm³/mol. The van der Waals surface area contributed by atoms with E-state index in [0.717, 1.165) is 5.69 Å². The maximum atomic E-state index is 4.77. The quantitative estimate of drug-likeness (QED) is 0.646. The van der Waals surface area contributed by atoms with Gasteiger partial charge in [-0.15, -0.1) is 0 Å². The van der Waals surface area contributed by atoms with E-state index in [1.54, 1.807) is 19.2 Å². The Kier molecular flexibility index (Phi) is 1.53. The summed E-state index contributed by atoms with van der Waals surface area (Å²) in [5, 5.41) is 6.45. The Balaban J connectivity index is 2.86. The molecule has 3 nitrogen and oxygen atoms in total. The van der Waals surface area contributed by atoms with Crippen LogP contribution >= 0.6 is 0 Å². The van der Waals surface area contributed by atoms with E-state index in [1.165, 1.54) is 0 Å². The number of aromatic nitrogens is 1. The summed E-state index contributed by atoms with van der Waals surface area (Å²) in [5.74, 6) is 0.657. The summed E-state index contributed by atoms with van der Waals surface area (Å²) in [5.41, 5.74) is 0.749. The van der Waals surface area contributed by atoms with Crippen molar-refractivity contribution >= 4 is 12.0 Å². The number of hydrogen-bond acceptors (Lipinski definition) is 3. The Hall–Kier alpha value is -1.25. The topological polar surface area (TPSA) is 38.1 Å². The molecule has 0 amide bonds. The number of nitrogens with one attached hydrogen (secondary N) is 1. The molecule has 0 aliphatic rings. The monoisotopic (exact) mass is 124 g/mol. The molecule has 9 heavy (non-hydrogen) atoms. The van der Waals surface area contributed by atoms with Crippen LogP contribution in [0.15, 0.2) is 17.2 Å². The minimum Gasteiger partial charge on any atom is -0.357 e. The summed E-state index contributed by atoms with van der Waals surface area (Å²) in [6, 6.07) is 1.77. The summed E-state index contributed by atoms with van der Waals surface area (Å²) >= 11 is 0. The lowest BCUT2D eigenvalue weighted by atomic mass is 10.4. The van der Waals surface area contributed by atoms with Crippen molar-refractivity contribution in [1.82, 2.24) is 5.16 Å². The number of nitrogens with zero attached hydrogens (tertiary/aromatic N) is 1. The first kappa shape index (κ1) is 5.88. The van der Waals surface area contributed by atoms with Gasteiger partial charge in [0.15, 0.2) is 0 Å². The van der Waals surface area contributed by atoms with Gasteiger partial charge in [-0.25, -0.2) is 0 Å². The van der Waals surface area contributed by atoms with Crippen LogP contribution in [0.1, 0.15) is 5.69 Å². The van der Waals surface area contributed by atoms with Crippen molar-refractivity contribution in [3.63, 3.8) is 0 Å². The lowest BCUT2D eigenvalue weighted by molar-refractivity contribution is 0.432. The molecule has 0 spiro atoms. The fraction of sp³-hybridized carbons (Fsp3) is 0.167. The fourth-order valence-electron chi connectivity index (χ4n) is 0.503. The van der Waals surface area contributed by atoms with E-state index in [4.69, 9.17) is 4.52 Å². The van der Waals surface area contributed by atoms with Crippen molar-refractivity contribution < 1.29 is 4.52 Å². The standard InChI is InChI=1S/C6H8N2O/c1-3-5-4-6(7-2)9-8-5/h3-4,7H,1H2,2H3. The Morgan fingerprint density at radius 1 is 1.89 bits per heavy atom. The van der Waals surface area contributed by atoms with Crippen LogP contribution in [-0.2, 0) is 0 Å². The van der Waals surface area contributed by atoms with Crippen LogP contribution in [0.5, 0.6) is 0 Å². The third kappa shape index (κ3) is 1.10. The van der Waals surface area contributed by atoms with Gasteiger partial charge in [0, 0.05) is 13.1 Å². The minimum absolute atomic E-state index is 0.657. The molecule has 0 fully saturated rings. The number of hydrogen-bond donors (Lipinski definition) is 1. The zero-order chi connectivity index (χ0) is 6.69. The van der Waals surface area contributed by atoms with Gasteiger partial charge in [0.25, 0.3) is 0 Å². The lowest BCUT2D eigenvalue weighted by Gasteiger charge is -1.83. The zero-order valence-corrected chi connectivity index (χ0v) is 5.22. The van der Waals surface area contributed by atoms with E-state index in [0.29, 0.717) is 5.88 Å². The van der Waals surface area contributed by atoms with E-state index in [-0.39, 0.29) is 0 Å². The molecule has 0 radical (unpaired) electrons. The summed E-state index contributed by atoms with van der Waals surface area (Å²) in [6.45, 7) is 3.53. The summed E-state index contributed by atoms with van der Waals surface area (Å²) < 4.78 is 4.77. The first-order valence-corrected chi connectivity index (χ1v) is 2.63. The third-order valence-electron chi connectivity index (χ3n) is 0.984. The van der Waals surface area contributed by atoms with E-state index < -0.39 is 0 Å². The SMILES string of the molecule is C=Cc1cc(NC)on1. The molecule has 0 aliphatic heterocycles. The third-order valence-corrected chi connectivity index (χ3v) is 0.984. The zero-order valence-electron chi connectivity index (χ0n) is 5.22. The molecule has 1 rings (SSSR count). The predicted octanol–water partition coefficient (Wildman–Crippen LogP) is 1.36. The lowest BCUT2D eigenvalue weighted by Crippen LogP contribution is -1.81. The summed E-state index contributed by atoms with van der Waals surface area (Å²) in [7, 11) is 1.77. The van der Waals surface area contributed by atoms with Crippen LogP contribution in [0.25, 0.3) is 6.08 Å². The normalized spacial score (nSPS) is 9.00. The molecule has 1 heterocycles. The van der Waals surface area contributed by atoms with Gasteiger partial charge in [0.1, 0.15) is 5.69 Å². The van der Waals surface area contributed by atoms with Crippen LogP contribution in [0.2, 0.25) is 0 Å². The second kappa shape index (κ2) is 2.35. The van der Waals surface area contributed by atoms with Gasteiger partial charge in [-0.3, -0.25) is 0 Å². The molecule has 1 aromatic heterocycles. The molecule has 0 bridgehead atoms. The minimum atomic E-state index is 0.657. The second-order valence-corrected chi connectivity index (χ2v) is 1.57.